The van der Waals surface area contributed by atoms with Gasteiger partial charge in [0.2, 0.25) is 0 Å². The van der Waals surface area contributed by atoms with E-state index >= 15 is 0 Å². The molecule has 0 aromatic carbocycles. The number of ether oxygens (including phenoxy) is 1. The van der Waals surface area contributed by atoms with Gasteiger partial charge in [-0.1, -0.05) is 18.6 Å². The maximum absolute atomic E-state index is 11.9. The van der Waals surface area contributed by atoms with Crippen molar-refractivity contribution in [3.05, 3.63) is 12.2 Å². The number of carbonyl (C=O) groups is 2. The molecule has 0 aliphatic heterocycles. The fourth-order valence-corrected chi connectivity index (χ4v) is 2.19. The molecular formula is C12H18O3. The van der Waals surface area contributed by atoms with Gasteiger partial charge in [-0.25, -0.2) is 0 Å². The van der Waals surface area contributed by atoms with E-state index in [1.807, 2.05) is 0 Å². The summed E-state index contributed by atoms with van der Waals surface area (Å²) in [5.74, 6) is -0.548. The lowest BCUT2D eigenvalue weighted by atomic mass is 9.68. The predicted molar refractivity (Wildman–Crippen MR) is 57.4 cm³/mol. The Hall–Kier alpha value is -1.12. The standard InChI is InChI=1S/C12H18O3/c1-4-15-11(14)12(10(3)13)8-6-5-7-9(12)2/h2,4-8H2,1,3H3. The minimum Gasteiger partial charge on any atom is -0.465 e. The molecule has 1 unspecified atom stereocenters. The van der Waals surface area contributed by atoms with Crippen molar-refractivity contribution in [1.29, 1.82) is 0 Å². The molecule has 0 amide bonds. The van der Waals surface area contributed by atoms with Crippen molar-refractivity contribution < 1.29 is 14.3 Å². The second-order valence-electron chi connectivity index (χ2n) is 3.99. The third kappa shape index (κ3) is 1.96. The van der Waals surface area contributed by atoms with E-state index in [0.29, 0.717) is 13.0 Å². The Morgan fingerprint density at radius 2 is 2.13 bits per heavy atom. The van der Waals surface area contributed by atoms with Crippen LogP contribution in [0.5, 0.6) is 0 Å². The van der Waals surface area contributed by atoms with Crippen molar-refractivity contribution in [3.8, 4) is 0 Å². The van der Waals surface area contributed by atoms with Gasteiger partial charge in [-0.15, -0.1) is 0 Å². The van der Waals surface area contributed by atoms with E-state index in [-0.39, 0.29) is 5.78 Å². The number of ketones is 1. The fraction of sp³-hybridized carbons (Fsp3) is 0.667. The molecule has 1 atom stereocenters. The predicted octanol–water partition coefficient (Wildman–Crippen LogP) is 2.26. The van der Waals surface area contributed by atoms with Gasteiger partial charge < -0.3 is 4.74 Å². The van der Waals surface area contributed by atoms with Crippen molar-refractivity contribution >= 4 is 11.8 Å². The molecule has 1 aliphatic carbocycles. The van der Waals surface area contributed by atoms with Gasteiger partial charge in [-0.2, -0.15) is 0 Å². The topological polar surface area (TPSA) is 43.4 Å². The van der Waals surface area contributed by atoms with Gasteiger partial charge in [0.15, 0.2) is 5.78 Å². The van der Waals surface area contributed by atoms with Gasteiger partial charge in [0.05, 0.1) is 6.61 Å². The van der Waals surface area contributed by atoms with E-state index in [2.05, 4.69) is 6.58 Å². The monoisotopic (exact) mass is 210 g/mol. The zero-order chi connectivity index (χ0) is 11.5. The molecule has 3 nitrogen and oxygen atoms in total. The maximum atomic E-state index is 11.9. The maximum Gasteiger partial charge on any atom is 0.323 e. The minimum absolute atomic E-state index is 0.134. The summed E-state index contributed by atoms with van der Waals surface area (Å²) in [5.41, 5.74) is -0.325. The van der Waals surface area contributed by atoms with E-state index in [9.17, 15) is 9.59 Å². The van der Waals surface area contributed by atoms with E-state index < -0.39 is 11.4 Å². The second-order valence-corrected chi connectivity index (χ2v) is 3.99. The minimum atomic E-state index is -1.05. The first-order valence-electron chi connectivity index (χ1n) is 5.42. The van der Waals surface area contributed by atoms with Crippen LogP contribution in [-0.4, -0.2) is 18.4 Å². The summed E-state index contributed by atoms with van der Waals surface area (Å²) >= 11 is 0. The van der Waals surface area contributed by atoms with Crippen LogP contribution < -0.4 is 0 Å². The van der Waals surface area contributed by atoms with Crippen molar-refractivity contribution in [2.24, 2.45) is 5.41 Å². The SMILES string of the molecule is C=C1CCCCC1(C(C)=O)C(=O)OCC. The average molecular weight is 210 g/mol. The Balaban J connectivity index is 3.01. The lowest BCUT2D eigenvalue weighted by molar-refractivity contribution is -0.158. The normalized spacial score (nSPS) is 26.1. The van der Waals surface area contributed by atoms with Crippen molar-refractivity contribution in [3.63, 3.8) is 0 Å². The molecule has 0 spiro atoms. The summed E-state index contributed by atoms with van der Waals surface area (Å²) in [6.07, 6.45) is 3.20. The molecule has 0 aromatic heterocycles. The quantitative estimate of drug-likeness (QED) is 0.407. The van der Waals surface area contributed by atoms with Crippen LogP contribution in [-0.2, 0) is 14.3 Å². The molecule has 0 radical (unpaired) electrons. The third-order valence-electron chi connectivity index (χ3n) is 3.11. The molecule has 0 aromatic rings. The molecule has 1 saturated carbocycles. The molecule has 3 heteroatoms. The summed E-state index contributed by atoms with van der Waals surface area (Å²) < 4.78 is 5.00. The summed E-state index contributed by atoms with van der Waals surface area (Å²) in [6, 6.07) is 0. The molecular weight excluding hydrogens is 192 g/mol. The number of Topliss-reactive ketones (excluding diaryl/α,β-unsaturated/α-hetero) is 1. The fourth-order valence-electron chi connectivity index (χ4n) is 2.19. The zero-order valence-electron chi connectivity index (χ0n) is 9.47. The van der Waals surface area contributed by atoms with E-state index in [1.54, 1.807) is 6.92 Å². The Labute approximate surface area is 90.5 Å². The van der Waals surface area contributed by atoms with Crippen LogP contribution in [0.15, 0.2) is 12.2 Å². The molecule has 1 fully saturated rings. The number of esters is 1. The molecule has 15 heavy (non-hydrogen) atoms. The largest absolute Gasteiger partial charge is 0.465 e. The number of carbonyl (C=O) groups excluding carboxylic acids is 2. The van der Waals surface area contributed by atoms with Crippen molar-refractivity contribution in [2.45, 2.75) is 39.5 Å². The highest BCUT2D eigenvalue weighted by Crippen LogP contribution is 2.41. The van der Waals surface area contributed by atoms with Gasteiger partial charge in [-0.3, -0.25) is 9.59 Å². The second kappa shape index (κ2) is 4.60. The van der Waals surface area contributed by atoms with E-state index in [0.717, 1.165) is 24.8 Å². The summed E-state index contributed by atoms with van der Waals surface area (Å²) in [7, 11) is 0. The van der Waals surface area contributed by atoms with Crippen LogP contribution in [0, 0.1) is 5.41 Å². The highest BCUT2D eigenvalue weighted by atomic mass is 16.5. The van der Waals surface area contributed by atoms with Gasteiger partial charge in [0.25, 0.3) is 0 Å². The Morgan fingerprint density at radius 1 is 1.47 bits per heavy atom. The Bertz CT molecular complexity index is 293. The molecule has 0 heterocycles. The number of rotatable bonds is 3. The number of hydrogen-bond acceptors (Lipinski definition) is 3. The highest BCUT2D eigenvalue weighted by Gasteiger charge is 2.47. The number of hydrogen-bond donors (Lipinski definition) is 0. The van der Waals surface area contributed by atoms with Crippen LogP contribution in [0.3, 0.4) is 0 Å². The lowest BCUT2D eigenvalue weighted by Gasteiger charge is -2.34. The first kappa shape index (κ1) is 12.0. The molecule has 0 bridgehead atoms. The van der Waals surface area contributed by atoms with Crippen molar-refractivity contribution in [2.75, 3.05) is 6.61 Å². The van der Waals surface area contributed by atoms with Crippen LogP contribution in [0.25, 0.3) is 0 Å². The van der Waals surface area contributed by atoms with Crippen LogP contribution >= 0.6 is 0 Å². The molecule has 1 aliphatic rings. The molecule has 1 rings (SSSR count). The molecule has 0 N–H and O–H groups in total. The Kier molecular flexibility index (Phi) is 3.66. The van der Waals surface area contributed by atoms with Gasteiger partial charge in [-0.05, 0) is 33.1 Å². The van der Waals surface area contributed by atoms with Crippen molar-refractivity contribution in [1.82, 2.24) is 0 Å². The van der Waals surface area contributed by atoms with Crippen LogP contribution in [0.4, 0.5) is 0 Å². The molecule has 0 saturated heterocycles. The third-order valence-corrected chi connectivity index (χ3v) is 3.11. The van der Waals surface area contributed by atoms with Gasteiger partial charge in [0.1, 0.15) is 5.41 Å². The smallest absolute Gasteiger partial charge is 0.323 e. The molecule has 84 valence electrons. The van der Waals surface area contributed by atoms with E-state index in [1.165, 1.54) is 6.92 Å². The van der Waals surface area contributed by atoms with Gasteiger partial charge in [0, 0.05) is 0 Å². The summed E-state index contributed by atoms with van der Waals surface area (Å²) in [5, 5.41) is 0. The van der Waals surface area contributed by atoms with Gasteiger partial charge >= 0.3 is 5.97 Å². The zero-order valence-corrected chi connectivity index (χ0v) is 9.47. The summed E-state index contributed by atoms with van der Waals surface area (Å²) in [6.45, 7) is 7.38. The van der Waals surface area contributed by atoms with Crippen LogP contribution in [0.1, 0.15) is 39.5 Å². The van der Waals surface area contributed by atoms with E-state index in [4.69, 9.17) is 4.74 Å². The first-order chi connectivity index (χ1) is 7.05. The first-order valence-corrected chi connectivity index (χ1v) is 5.42. The lowest BCUT2D eigenvalue weighted by Crippen LogP contribution is -2.42. The van der Waals surface area contributed by atoms with Crippen LogP contribution in [0.2, 0.25) is 0 Å². The average Bonchev–Trinajstić information content (AvgIpc) is 2.18. The Morgan fingerprint density at radius 3 is 2.60 bits per heavy atom. The highest BCUT2D eigenvalue weighted by molar-refractivity contribution is 6.06. The summed E-state index contributed by atoms with van der Waals surface area (Å²) in [4.78, 5) is 23.6.